The third-order valence-electron chi connectivity index (χ3n) is 3.26. The Morgan fingerprint density at radius 3 is 2.38 bits per heavy atom. The predicted octanol–water partition coefficient (Wildman–Crippen LogP) is 4.74. The number of halogens is 3. The van der Waals surface area contributed by atoms with Crippen molar-refractivity contribution in [2.75, 3.05) is 0 Å². The molecule has 0 aliphatic carbocycles. The summed E-state index contributed by atoms with van der Waals surface area (Å²) in [6, 6.07) is 10.1. The number of rotatable bonds is 3. The van der Waals surface area contributed by atoms with Crippen LogP contribution in [-0.2, 0) is 6.18 Å². The Bertz CT molecular complexity index is 886. The summed E-state index contributed by atoms with van der Waals surface area (Å²) in [6.07, 6.45) is -1.92. The van der Waals surface area contributed by atoms with E-state index in [1.54, 1.807) is 6.07 Å². The molecule has 2 aromatic carbocycles. The average molecular weight is 333 g/mol. The Balaban J connectivity index is 1.96. The van der Waals surface area contributed by atoms with Crippen molar-refractivity contribution in [1.29, 1.82) is 0 Å². The van der Waals surface area contributed by atoms with Crippen molar-refractivity contribution in [3.63, 3.8) is 0 Å². The Morgan fingerprint density at radius 2 is 1.75 bits per heavy atom. The fraction of sp³-hybridized carbons (Fsp3) is 0.0625. The van der Waals surface area contributed by atoms with E-state index < -0.39 is 16.7 Å². The SMILES string of the molecule is O=[N+]([O-])c1ccccc1-c1[c]nc(-c2ccc(C(F)(F)F)cc2)o1. The minimum Gasteiger partial charge on any atom is -0.435 e. The molecule has 0 unspecified atom stereocenters. The number of hydrogen-bond acceptors (Lipinski definition) is 4. The standard InChI is InChI=1S/C16H8F3N2O3/c17-16(18,19)11-7-5-10(6-8-11)15-20-9-14(24-15)12-3-1-2-4-13(12)21(22)23/h1-8H. The first-order valence-corrected chi connectivity index (χ1v) is 6.66. The number of aromatic nitrogens is 1. The molecule has 8 heteroatoms. The maximum atomic E-state index is 12.6. The first-order valence-electron chi connectivity index (χ1n) is 6.66. The summed E-state index contributed by atoms with van der Waals surface area (Å²) in [7, 11) is 0. The topological polar surface area (TPSA) is 69.2 Å². The van der Waals surface area contributed by atoms with E-state index in [1.165, 1.54) is 30.3 Å². The van der Waals surface area contributed by atoms with E-state index in [-0.39, 0.29) is 22.9 Å². The van der Waals surface area contributed by atoms with Gasteiger partial charge in [-0.2, -0.15) is 13.2 Å². The van der Waals surface area contributed by atoms with Gasteiger partial charge in [0.25, 0.3) is 5.69 Å². The summed E-state index contributed by atoms with van der Waals surface area (Å²) in [5.41, 5.74) is -0.471. The summed E-state index contributed by atoms with van der Waals surface area (Å²) in [4.78, 5) is 14.3. The molecular formula is C16H8F3N2O3. The lowest BCUT2D eigenvalue weighted by atomic mass is 10.1. The van der Waals surface area contributed by atoms with Crippen LogP contribution in [0.3, 0.4) is 0 Å². The Kier molecular flexibility index (Phi) is 3.80. The summed E-state index contributed by atoms with van der Waals surface area (Å²) < 4.78 is 43.1. The molecular weight excluding hydrogens is 325 g/mol. The second kappa shape index (κ2) is 5.80. The van der Waals surface area contributed by atoms with E-state index in [2.05, 4.69) is 11.2 Å². The number of alkyl halides is 3. The quantitative estimate of drug-likeness (QED) is 0.513. The van der Waals surface area contributed by atoms with Crippen LogP contribution in [0.2, 0.25) is 0 Å². The molecule has 121 valence electrons. The van der Waals surface area contributed by atoms with Gasteiger partial charge in [-0.15, -0.1) is 0 Å². The molecule has 0 amide bonds. The van der Waals surface area contributed by atoms with E-state index in [9.17, 15) is 23.3 Å². The van der Waals surface area contributed by atoms with Crippen LogP contribution >= 0.6 is 0 Å². The number of hydrogen-bond donors (Lipinski definition) is 0. The molecule has 3 rings (SSSR count). The number of nitro groups is 1. The predicted molar refractivity (Wildman–Crippen MR) is 77.9 cm³/mol. The van der Waals surface area contributed by atoms with Crippen LogP contribution in [0.25, 0.3) is 22.8 Å². The van der Waals surface area contributed by atoms with E-state index in [1.807, 2.05) is 0 Å². The van der Waals surface area contributed by atoms with Crippen LogP contribution < -0.4 is 0 Å². The van der Waals surface area contributed by atoms with Crippen LogP contribution in [-0.4, -0.2) is 9.91 Å². The molecule has 1 radical (unpaired) electrons. The highest BCUT2D eigenvalue weighted by molar-refractivity contribution is 5.69. The number of oxazole rings is 1. The van der Waals surface area contributed by atoms with Gasteiger partial charge in [-0.25, -0.2) is 4.98 Å². The molecule has 1 aromatic heterocycles. The number of nitro benzene ring substituents is 1. The molecule has 0 spiro atoms. The van der Waals surface area contributed by atoms with E-state index in [0.717, 1.165) is 12.1 Å². The molecule has 0 aliphatic heterocycles. The van der Waals surface area contributed by atoms with Crippen molar-refractivity contribution >= 4 is 5.69 Å². The first kappa shape index (κ1) is 15.7. The smallest absolute Gasteiger partial charge is 0.416 e. The summed E-state index contributed by atoms with van der Waals surface area (Å²) in [6.45, 7) is 0. The molecule has 0 saturated heterocycles. The molecule has 0 bridgehead atoms. The molecule has 3 aromatic rings. The molecule has 1 heterocycles. The highest BCUT2D eigenvalue weighted by Gasteiger charge is 2.30. The lowest BCUT2D eigenvalue weighted by Crippen LogP contribution is -2.03. The van der Waals surface area contributed by atoms with Crippen LogP contribution in [0, 0.1) is 16.3 Å². The van der Waals surface area contributed by atoms with Gasteiger partial charge in [0.05, 0.1) is 16.1 Å². The summed E-state index contributed by atoms with van der Waals surface area (Å²) in [5.74, 6) is 0.0640. The third-order valence-corrected chi connectivity index (χ3v) is 3.26. The molecule has 5 nitrogen and oxygen atoms in total. The number of nitrogens with zero attached hydrogens (tertiary/aromatic N) is 2. The monoisotopic (exact) mass is 333 g/mol. The lowest BCUT2D eigenvalue weighted by Gasteiger charge is -2.06. The molecule has 0 fully saturated rings. The van der Waals surface area contributed by atoms with Crippen molar-refractivity contribution in [3.8, 4) is 22.8 Å². The Labute approximate surface area is 133 Å². The zero-order valence-electron chi connectivity index (χ0n) is 11.9. The van der Waals surface area contributed by atoms with E-state index in [4.69, 9.17) is 4.42 Å². The van der Waals surface area contributed by atoms with Gasteiger partial charge in [-0.05, 0) is 30.3 Å². The summed E-state index contributed by atoms with van der Waals surface area (Å²) in [5, 5.41) is 11.0. The van der Waals surface area contributed by atoms with Crippen molar-refractivity contribution < 1.29 is 22.5 Å². The second-order valence-electron chi connectivity index (χ2n) is 4.81. The average Bonchev–Trinajstić information content (AvgIpc) is 3.04. The van der Waals surface area contributed by atoms with Crippen LogP contribution in [0.5, 0.6) is 0 Å². The second-order valence-corrected chi connectivity index (χ2v) is 4.81. The highest BCUT2D eigenvalue weighted by atomic mass is 19.4. The minimum absolute atomic E-state index is 0.0249. The summed E-state index contributed by atoms with van der Waals surface area (Å²) >= 11 is 0. The van der Waals surface area contributed by atoms with Gasteiger partial charge in [-0.1, -0.05) is 12.1 Å². The van der Waals surface area contributed by atoms with Gasteiger partial charge < -0.3 is 4.42 Å². The third kappa shape index (κ3) is 2.98. The molecule has 0 atom stereocenters. The van der Waals surface area contributed by atoms with Crippen molar-refractivity contribution in [3.05, 3.63) is 70.4 Å². The van der Waals surface area contributed by atoms with E-state index >= 15 is 0 Å². The minimum atomic E-state index is -4.43. The van der Waals surface area contributed by atoms with Crippen LogP contribution in [0.15, 0.2) is 52.9 Å². The van der Waals surface area contributed by atoms with Gasteiger partial charge in [0.1, 0.15) is 6.20 Å². The molecule has 0 saturated carbocycles. The maximum absolute atomic E-state index is 12.6. The van der Waals surface area contributed by atoms with Crippen molar-refractivity contribution in [2.24, 2.45) is 0 Å². The largest absolute Gasteiger partial charge is 0.435 e. The number of benzene rings is 2. The van der Waals surface area contributed by atoms with Gasteiger partial charge >= 0.3 is 6.18 Å². The Hall–Kier alpha value is -3.16. The van der Waals surface area contributed by atoms with Crippen molar-refractivity contribution in [2.45, 2.75) is 6.18 Å². The van der Waals surface area contributed by atoms with Gasteiger partial charge in [0.15, 0.2) is 5.76 Å². The van der Waals surface area contributed by atoms with E-state index in [0.29, 0.717) is 5.56 Å². The van der Waals surface area contributed by atoms with Gasteiger partial charge in [-0.3, -0.25) is 10.1 Å². The zero-order valence-corrected chi connectivity index (χ0v) is 11.9. The fourth-order valence-electron chi connectivity index (χ4n) is 2.11. The fourth-order valence-corrected chi connectivity index (χ4v) is 2.11. The highest BCUT2D eigenvalue weighted by Crippen LogP contribution is 2.33. The molecule has 24 heavy (non-hydrogen) atoms. The molecule has 0 aliphatic rings. The maximum Gasteiger partial charge on any atom is 0.416 e. The van der Waals surface area contributed by atoms with Crippen LogP contribution in [0.1, 0.15) is 5.56 Å². The number of para-hydroxylation sites is 1. The van der Waals surface area contributed by atoms with Crippen molar-refractivity contribution in [1.82, 2.24) is 4.98 Å². The first-order chi connectivity index (χ1) is 11.4. The van der Waals surface area contributed by atoms with Gasteiger partial charge in [0, 0.05) is 11.6 Å². The molecule has 0 N–H and O–H groups in total. The normalized spacial score (nSPS) is 11.5. The van der Waals surface area contributed by atoms with Crippen LogP contribution in [0.4, 0.5) is 18.9 Å². The zero-order chi connectivity index (χ0) is 17.3. The van der Waals surface area contributed by atoms with Gasteiger partial charge in [0.2, 0.25) is 5.89 Å². The lowest BCUT2D eigenvalue weighted by molar-refractivity contribution is -0.384. The Morgan fingerprint density at radius 1 is 1.08 bits per heavy atom.